The van der Waals surface area contributed by atoms with E-state index in [0.717, 1.165) is 26.1 Å². The second-order valence-corrected chi connectivity index (χ2v) is 3.20. The van der Waals surface area contributed by atoms with E-state index in [4.69, 9.17) is 0 Å². The van der Waals surface area contributed by atoms with Crippen molar-refractivity contribution in [2.75, 3.05) is 19.6 Å². The van der Waals surface area contributed by atoms with E-state index in [-0.39, 0.29) is 5.91 Å². The highest BCUT2D eigenvalue weighted by Crippen LogP contribution is 2.00. The Morgan fingerprint density at radius 1 is 1.75 bits per heavy atom. The molecule has 0 aromatic heterocycles. The third-order valence-electron chi connectivity index (χ3n) is 2.08. The molecule has 0 aliphatic carbocycles. The van der Waals surface area contributed by atoms with Crippen molar-refractivity contribution in [2.24, 2.45) is 0 Å². The van der Waals surface area contributed by atoms with Crippen LogP contribution in [0.1, 0.15) is 13.3 Å². The summed E-state index contributed by atoms with van der Waals surface area (Å²) >= 11 is 0. The van der Waals surface area contributed by atoms with Crippen molar-refractivity contribution >= 4 is 5.91 Å². The maximum Gasteiger partial charge on any atom is 0.246 e. The predicted molar refractivity (Wildman–Crippen MR) is 48.9 cm³/mol. The van der Waals surface area contributed by atoms with Gasteiger partial charge in [-0.3, -0.25) is 4.79 Å². The molecule has 3 nitrogen and oxygen atoms in total. The molecular formula is C9H16N2O. The van der Waals surface area contributed by atoms with Crippen molar-refractivity contribution in [1.82, 2.24) is 10.2 Å². The molecule has 1 heterocycles. The average Bonchev–Trinajstić information content (AvgIpc) is 2.28. The number of nitrogens with zero attached hydrogens (tertiary/aromatic N) is 1. The van der Waals surface area contributed by atoms with Crippen molar-refractivity contribution in [3.63, 3.8) is 0 Å². The van der Waals surface area contributed by atoms with E-state index >= 15 is 0 Å². The van der Waals surface area contributed by atoms with Crippen LogP contribution in [0, 0.1) is 0 Å². The molecule has 0 spiro atoms. The van der Waals surface area contributed by atoms with Crippen LogP contribution in [0.3, 0.4) is 0 Å². The number of nitrogens with one attached hydrogen (secondary N) is 1. The van der Waals surface area contributed by atoms with Gasteiger partial charge in [-0.2, -0.15) is 0 Å². The maximum absolute atomic E-state index is 11.2. The fraction of sp³-hybridized carbons (Fsp3) is 0.667. The van der Waals surface area contributed by atoms with Crippen molar-refractivity contribution in [2.45, 2.75) is 19.4 Å². The molecule has 1 atom stereocenters. The molecule has 1 fully saturated rings. The molecule has 0 bridgehead atoms. The fourth-order valence-corrected chi connectivity index (χ4v) is 1.43. The molecule has 3 heteroatoms. The van der Waals surface area contributed by atoms with E-state index in [1.165, 1.54) is 6.08 Å². The fourth-order valence-electron chi connectivity index (χ4n) is 1.43. The Hall–Kier alpha value is -0.830. The van der Waals surface area contributed by atoms with Crippen LogP contribution < -0.4 is 5.32 Å². The largest absolute Gasteiger partial charge is 0.338 e. The van der Waals surface area contributed by atoms with Gasteiger partial charge in [-0.15, -0.1) is 0 Å². The summed E-state index contributed by atoms with van der Waals surface area (Å²) in [4.78, 5) is 13.1. The molecule has 0 aromatic carbocycles. The van der Waals surface area contributed by atoms with E-state index < -0.39 is 0 Å². The molecular weight excluding hydrogens is 152 g/mol. The van der Waals surface area contributed by atoms with Gasteiger partial charge in [0, 0.05) is 19.1 Å². The van der Waals surface area contributed by atoms with Gasteiger partial charge in [0.2, 0.25) is 5.91 Å². The molecule has 1 amide bonds. The van der Waals surface area contributed by atoms with E-state index in [1.54, 1.807) is 0 Å². The zero-order valence-electron chi connectivity index (χ0n) is 7.55. The molecule has 0 radical (unpaired) electrons. The van der Waals surface area contributed by atoms with Crippen LogP contribution in [-0.4, -0.2) is 36.5 Å². The van der Waals surface area contributed by atoms with Crippen LogP contribution in [0.2, 0.25) is 0 Å². The van der Waals surface area contributed by atoms with E-state index in [2.05, 4.69) is 18.8 Å². The Balaban J connectivity index is 2.51. The summed E-state index contributed by atoms with van der Waals surface area (Å²) in [5, 5.41) is 3.33. The molecule has 1 aliphatic rings. The van der Waals surface area contributed by atoms with E-state index in [1.807, 2.05) is 4.90 Å². The molecule has 1 N–H and O–H groups in total. The van der Waals surface area contributed by atoms with Gasteiger partial charge in [-0.05, 0) is 26.0 Å². The van der Waals surface area contributed by atoms with Gasteiger partial charge in [-0.1, -0.05) is 6.58 Å². The van der Waals surface area contributed by atoms with Crippen LogP contribution in [0.4, 0.5) is 0 Å². The van der Waals surface area contributed by atoms with Crippen LogP contribution >= 0.6 is 0 Å². The summed E-state index contributed by atoms with van der Waals surface area (Å²) in [6, 6.07) is 0.399. The van der Waals surface area contributed by atoms with Crippen molar-refractivity contribution in [3.05, 3.63) is 12.7 Å². The van der Waals surface area contributed by atoms with Gasteiger partial charge in [0.25, 0.3) is 0 Å². The lowest BCUT2D eigenvalue weighted by Crippen LogP contribution is -2.38. The Labute approximate surface area is 73.4 Å². The summed E-state index contributed by atoms with van der Waals surface area (Å²) in [7, 11) is 0. The second-order valence-electron chi connectivity index (χ2n) is 3.20. The first-order chi connectivity index (χ1) is 5.74. The highest BCUT2D eigenvalue weighted by atomic mass is 16.2. The Morgan fingerprint density at radius 3 is 3.17 bits per heavy atom. The van der Waals surface area contributed by atoms with Gasteiger partial charge >= 0.3 is 0 Å². The summed E-state index contributed by atoms with van der Waals surface area (Å²) in [5.41, 5.74) is 0. The molecule has 0 aromatic rings. The minimum atomic E-state index is 0.0468. The number of amides is 1. The number of rotatable bonds is 1. The van der Waals surface area contributed by atoms with E-state index in [0.29, 0.717) is 6.04 Å². The lowest BCUT2D eigenvalue weighted by molar-refractivity contribution is -0.126. The Kier molecular flexibility index (Phi) is 3.29. The Bertz CT molecular complexity index is 179. The number of hydrogen-bond donors (Lipinski definition) is 1. The molecule has 1 unspecified atom stereocenters. The number of hydrogen-bond acceptors (Lipinski definition) is 2. The molecule has 1 rings (SSSR count). The third-order valence-corrected chi connectivity index (χ3v) is 2.08. The minimum absolute atomic E-state index is 0.0468. The van der Waals surface area contributed by atoms with Crippen molar-refractivity contribution < 1.29 is 4.79 Å². The lowest BCUT2D eigenvalue weighted by Gasteiger charge is -2.20. The monoisotopic (exact) mass is 168 g/mol. The van der Waals surface area contributed by atoms with Crippen LogP contribution in [-0.2, 0) is 4.79 Å². The summed E-state index contributed by atoms with van der Waals surface area (Å²) in [6.45, 7) is 8.22. The molecule has 0 saturated carbocycles. The van der Waals surface area contributed by atoms with Crippen molar-refractivity contribution in [1.29, 1.82) is 0 Å². The van der Waals surface area contributed by atoms with Gasteiger partial charge < -0.3 is 10.2 Å². The standard InChI is InChI=1S/C9H16N2O/c1-3-9(12)11-6-4-5-10-8(2)7-11/h3,8,10H,1,4-7H2,2H3. The number of carbonyl (C=O) groups excluding carboxylic acids is 1. The highest BCUT2D eigenvalue weighted by molar-refractivity contribution is 5.87. The normalized spacial score (nSPS) is 24.8. The molecule has 12 heavy (non-hydrogen) atoms. The second kappa shape index (κ2) is 4.26. The molecule has 1 saturated heterocycles. The molecule has 1 aliphatic heterocycles. The van der Waals surface area contributed by atoms with E-state index in [9.17, 15) is 4.79 Å². The highest BCUT2D eigenvalue weighted by Gasteiger charge is 2.16. The average molecular weight is 168 g/mol. The van der Waals surface area contributed by atoms with Crippen molar-refractivity contribution in [3.8, 4) is 0 Å². The first-order valence-electron chi connectivity index (χ1n) is 4.38. The maximum atomic E-state index is 11.2. The minimum Gasteiger partial charge on any atom is -0.338 e. The Morgan fingerprint density at radius 2 is 2.50 bits per heavy atom. The van der Waals surface area contributed by atoms with Gasteiger partial charge in [-0.25, -0.2) is 0 Å². The smallest absolute Gasteiger partial charge is 0.246 e. The summed E-state index contributed by atoms with van der Waals surface area (Å²) in [6.07, 6.45) is 2.42. The first-order valence-corrected chi connectivity index (χ1v) is 4.38. The lowest BCUT2D eigenvalue weighted by atomic mass is 10.3. The third kappa shape index (κ3) is 2.34. The van der Waals surface area contributed by atoms with Gasteiger partial charge in [0.15, 0.2) is 0 Å². The summed E-state index contributed by atoms with van der Waals surface area (Å²) in [5.74, 6) is 0.0468. The zero-order chi connectivity index (χ0) is 8.97. The quantitative estimate of drug-likeness (QED) is 0.574. The zero-order valence-corrected chi connectivity index (χ0v) is 7.55. The van der Waals surface area contributed by atoms with Crippen LogP contribution in [0.5, 0.6) is 0 Å². The van der Waals surface area contributed by atoms with Crippen LogP contribution in [0.25, 0.3) is 0 Å². The van der Waals surface area contributed by atoms with Gasteiger partial charge in [0.1, 0.15) is 0 Å². The topological polar surface area (TPSA) is 32.3 Å². The first kappa shape index (κ1) is 9.26. The predicted octanol–water partition coefficient (Wildman–Crippen LogP) is 0.383. The van der Waals surface area contributed by atoms with Gasteiger partial charge in [0.05, 0.1) is 0 Å². The molecule has 68 valence electrons. The SMILES string of the molecule is C=CC(=O)N1CCCNC(C)C1. The summed E-state index contributed by atoms with van der Waals surface area (Å²) < 4.78 is 0. The van der Waals surface area contributed by atoms with Crippen LogP contribution in [0.15, 0.2) is 12.7 Å². The number of carbonyl (C=O) groups is 1.